The molecule has 30 heavy (non-hydrogen) atoms. The summed E-state index contributed by atoms with van der Waals surface area (Å²) in [5.74, 6) is 2.54. The molecule has 0 saturated heterocycles. The lowest BCUT2D eigenvalue weighted by Gasteiger charge is -2.25. The number of ether oxygens (including phenoxy) is 1. The number of pyridine rings is 1. The quantitative estimate of drug-likeness (QED) is 0.628. The molecule has 0 aliphatic heterocycles. The largest absolute Gasteiger partial charge is 0.478 e. The molecule has 0 spiro atoms. The van der Waals surface area contributed by atoms with Crippen molar-refractivity contribution in [2.75, 3.05) is 32.7 Å². The number of aryl methyl sites for hydroxylation is 2. The number of aromatic nitrogens is 3. The molecule has 6 heteroatoms. The van der Waals surface area contributed by atoms with Gasteiger partial charge >= 0.3 is 0 Å². The first-order chi connectivity index (χ1) is 14.4. The van der Waals surface area contributed by atoms with E-state index in [9.17, 15) is 0 Å². The van der Waals surface area contributed by atoms with Gasteiger partial charge in [-0.3, -0.25) is 4.98 Å². The molecule has 2 aromatic rings. The van der Waals surface area contributed by atoms with Crippen LogP contribution in [-0.4, -0.2) is 47.9 Å². The lowest BCUT2D eigenvalue weighted by molar-refractivity contribution is 0.326. The standard InChI is InChI=1S/C23H36N4O.CH4O/c1-9-15(5)16(6)21-23(27(7)8)26-22(19(11-3)25-21)17-13-14-20(28-12-4)24-18(17)10-2;1-2/h13-16H,9-12H2,1-8H3;2H,1H3/t15-,16?;/m1./s1. The van der Waals surface area contributed by atoms with E-state index in [1.807, 2.05) is 27.1 Å². The monoisotopic (exact) mass is 416 g/mol. The van der Waals surface area contributed by atoms with E-state index in [0.717, 1.165) is 60.5 Å². The van der Waals surface area contributed by atoms with Crippen LogP contribution in [0.15, 0.2) is 12.1 Å². The maximum atomic E-state index is 7.00. The van der Waals surface area contributed by atoms with Crippen molar-refractivity contribution in [2.45, 2.75) is 66.7 Å². The summed E-state index contributed by atoms with van der Waals surface area (Å²) < 4.78 is 5.59. The van der Waals surface area contributed by atoms with Crippen LogP contribution in [-0.2, 0) is 12.8 Å². The minimum atomic E-state index is 0.360. The summed E-state index contributed by atoms with van der Waals surface area (Å²) in [6.45, 7) is 13.6. The topological polar surface area (TPSA) is 71.4 Å². The molecule has 0 aliphatic rings. The Hall–Kier alpha value is -2.21. The molecule has 0 bridgehead atoms. The number of hydrogen-bond donors (Lipinski definition) is 1. The minimum absolute atomic E-state index is 0.360. The molecular weight excluding hydrogens is 376 g/mol. The Morgan fingerprint density at radius 1 is 0.933 bits per heavy atom. The van der Waals surface area contributed by atoms with Gasteiger partial charge in [0.1, 0.15) is 0 Å². The first-order valence-corrected chi connectivity index (χ1v) is 11.0. The van der Waals surface area contributed by atoms with Gasteiger partial charge in [0.05, 0.1) is 29.4 Å². The van der Waals surface area contributed by atoms with Gasteiger partial charge in [-0.1, -0.05) is 41.0 Å². The van der Waals surface area contributed by atoms with Gasteiger partial charge in [-0.25, -0.2) is 9.97 Å². The van der Waals surface area contributed by atoms with Gasteiger partial charge in [-0.05, 0) is 31.7 Å². The number of aliphatic hydroxyl groups excluding tert-OH is 1. The highest BCUT2D eigenvalue weighted by atomic mass is 16.5. The second-order valence-corrected chi connectivity index (χ2v) is 7.58. The van der Waals surface area contributed by atoms with Gasteiger partial charge in [0, 0.05) is 38.8 Å². The highest BCUT2D eigenvalue weighted by Gasteiger charge is 2.24. The number of anilines is 1. The number of aliphatic hydroxyl groups is 1. The Balaban J connectivity index is 0.00000218. The zero-order valence-corrected chi connectivity index (χ0v) is 20.3. The normalized spacial score (nSPS) is 12.6. The van der Waals surface area contributed by atoms with Crippen LogP contribution in [0.4, 0.5) is 5.82 Å². The number of nitrogens with zero attached hydrogens (tertiary/aromatic N) is 4. The summed E-state index contributed by atoms with van der Waals surface area (Å²) in [6, 6.07) is 4.02. The van der Waals surface area contributed by atoms with Crippen molar-refractivity contribution in [3.8, 4) is 17.1 Å². The zero-order chi connectivity index (χ0) is 22.8. The van der Waals surface area contributed by atoms with Crippen molar-refractivity contribution in [1.82, 2.24) is 15.0 Å². The van der Waals surface area contributed by atoms with E-state index >= 15 is 0 Å². The molecule has 0 fully saturated rings. The number of hydrogen-bond acceptors (Lipinski definition) is 6. The fourth-order valence-corrected chi connectivity index (χ4v) is 3.39. The Bertz CT molecular complexity index is 793. The smallest absolute Gasteiger partial charge is 0.213 e. The molecular formula is C24H40N4O2. The third-order valence-electron chi connectivity index (χ3n) is 5.49. The predicted octanol–water partition coefficient (Wildman–Crippen LogP) is 4.89. The van der Waals surface area contributed by atoms with Gasteiger partial charge in [-0.2, -0.15) is 0 Å². The van der Waals surface area contributed by atoms with Crippen LogP contribution < -0.4 is 9.64 Å². The Kier molecular flexibility index (Phi) is 10.7. The van der Waals surface area contributed by atoms with Crippen molar-refractivity contribution >= 4 is 5.82 Å². The van der Waals surface area contributed by atoms with Crippen molar-refractivity contribution in [3.63, 3.8) is 0 Å². The van der Waals surface area contributed by atoms with E-state index in [-0.39, 0.29) is 0 Å². The first kappa shape index (κ1) is 25.8. The molecule has 2 heterocycles. The lowest BCUT2D eigenvalue weighted by Crippen LogP contribution is -2.20. The van der Waals surface area contributed by atoms with Crippen molar-refractivity contribution in [2.24, 2.45) is 5.92 Å². The first-order valence-electron chi connectivity index (χ1n) is 11.0. The Morgan fingerprint density at radius 2 is 1.57 bits per heavy atom. The van der Waals surface area contributed by atoms with Crippen LogP contribution in [0.1, 0.15) is 71.0 Å². The van der Waals surface area contributed by atoms with Crippen LogP contribution in [0.25, 0.3) is 11.3 Å². The van der Waals surface area contributed by atoms with Gasteiger partial charge in [0.2, 0.25) is 5.88 Å². The molecule has 2 atom stereocenters. The summed E-state index contributed by atoms with van der Waals surface area (Å²) in [4.78, 5) is 17.0. The second-order valence-electron chi connectivity index (χ2n) is 7.58. The van der Waals surface area contributed by atoms with Gasteiger partial charge in [-0.15, -0.1) is 0 Å². The summed E-state index contributed by atoms with van der Waals surface area (Å²) in [5.41, 5.74) is 5.13. The van der Waals surface area contributed by atoms with E-state index in [1.165, 1.54) is 0 Å². The molecule has 1 N–H and O–H groups in total. The molecule has 168 valence electrons. The average Bonchev–Trinajstić information content (AvgIpc) is 2.78. The Labute approximate surface area is 182 Å². The zero-order valence-electron chi connectivity index (χ0n) is 20.3. The van der Waals surface area contributed by atoms with Gasteiger partial charge in [0.15, 0.2) is 5.82 Å². The molecule has 0 radical (unpaired) electrons. The summed E-state index contributed by atoms with van der Waals surface area (Å²) in [7, 11) is 5.09. The van der Waals surface area contributed by atoms with Crippen molar-refractivity contribution < 1.29 is 9.84 Å². The highest BCUT2D eigenvalue weighted by molar-refractivity contribution is 5.67. The van der Waals surface area contributed by atoms with Crippen LogP contribution in [0.3, 0.4) is 0 Å². The molecule has 2 rings (SSSR count). The van der Waals surface area contributed by atoms with E-state index < -0.39 is 0 Å². The van der Waals surface area contributed by atoms with Crippen molar-refractivity contribution in [3.05, 3.63) is 29.2 Å². The molecule has 0 amide bonds. The summed E-state index contributed by atoms with van der Waals surface area (Å²) >= 11 is 0. The minimum Gasteiger partial charge on any atom is -0.478 e. The van der Waals surface area contributed by atoms with Crippen LogP contribution in [0.5, 0.6) is 5.88 Å². The SMILES string of the molecule is CCOc1ccc(-c2nc(N(C)C)c(C(C)[C@H](C)CC)nc2CC)c(CC)n1.CO. The maximum Gasteiger partial charge on any atom is 0.213 e. The van der Waals surface area contributed by atoms with Crippen LogP contribution >= 0.6 is 0 Å². The van der Waals surface area contributed by atoms with Gasteiger partial charge in [0.25, 0.3) is 0 Å². The summed E-state index contributed by atoms with van der Waals surface area (Å²) in [5, 5.41) is 7.00. The van der Waals surface area contributed by atoms with E-state index in [2.05, 4.69) is 45.6 Å². The summed E-state index contributed by atoms with van der Waals surface area (Å²) in [6.07, 6.45) is 2.79. The third kappa shape index (κ3) is 5.91. The molecule has 2 aromatic heterocycles. The van der Waals surface area contributed by atoms with Crippen molar-refractivity contribution in [1.29, 1.82) is 0 Å². The molecule has 0 saturated carbocycles. The molecule has 0 aliphatic carbocycles. The average molecular weight is 417 g/mol. The van der Waals surface area contributed by atoms with Crippen LogP contribution in [0, 0.1) is 5.92 Å². The van der Waals surface area contributed by atoms with Crippen LogP contribution in [0.2, 0.25) is 0 Å². The second kappa shape index (κ2) is 12.5. The molecule has 6 nitrogen and oxygen atoms in total. The van der Waals surface area contributed by atoms with Gasteiger partial charge < -0.3 is 14.7 Å². The fourth-order valence-electron chi connectivity index (χ4n) is 3.39. The highest BCUT2D eigenvalue weighted by Crippen LogP contribution is 2.35. The van der Waals surface area contributed by atoms with E-state index in [1.54, 1.807) is 0 Å². The molecule has 0 aromatic carbocycles. The maximum absolute atomic E-state index is 7.00. The third-order valence-corrected chi connectivity index (χ3v) is 5.49. The van der Waals surface area contributed by atoms with E-state index in [0.29, 0.717) is 24.3 Å². The van der Waals surface area contributed by atoms with E-state index in [4.69, 9.17) is 24.8 Å². The lowest BCUT2D eigenvalue weighted by atomic mass is 9.90. The number of rotatable bonds is 9. The predicted molar refractivity (Wildman–Crippen MR) is 126 cm³/mol. The molecule has 1 unspecified atom stereocenters. The Morgan fingerprint density at radius 3 is 2.07 bits per heavy atom. The fraction of sp³-hybridized carbons (Fsp3) is 0.625.